The van der Waals surface area contributed by atoms with Gasteiger partial charge in [-0.15, -0.1) is 0 Å². The summed E-state index contributed by atoms with van der Waals surface area (Å²) in [6.45, 7) is 3.53. The lowest BCUT2D eigenvalue weighted by atomic mass is 10.00. The largest absolute Gasteiger partial charge is 0.477 e. The van der Waals surface area contributed by atoms with Crippen LogP contribution in [0.2, 0.25) is 5.02 Å². The van der Waals surface area contributed by atoms with Gasteiger partial charge < -0.3 is 19.5 Å². The Morgan fingerprint density at radius 1 is 1.34 bits per heavy atom. The van der Waals surface area contributed by atoms with Crippen LogP contribution in [0.3, 0.4) is 0 Å². The van der Waals surface area contributed by atoms with Crippen LogP contribution in [-0.2, 0) is 0 Å². The van der Waals surface area contributed by atoms with Crippen LogP contribution < -0.4 is 10.3 Å². The molecule has 1 aromatic carbocycles. The minimum absolute atomic E-state index is 0.0282. The zero-order valence-corrected chi connectivity index (χ0v) is 17.5. The Morgan fingerprint density at radius 3 is 2.62 bits per heavy atom. The highest BCUT2D eigenvalue weighted by Crippen LogP contribution is 2.43. The van der Waals surface area contributed by atoms with Crippen LogP contribution >= 0.6 is 11.6 Å². The van der Waals surface area contributed by atoms with E-state index in [1.54, 1.807) is 4.57 Å². The number of hydrogen-bond donors (Lipinski definition) is 1. The number of pyridine rings is 1. The van der Waals surface area contributed by atoms with Gasteiger partial charge in [0, 0.05) is 31.4 Å². The fourth-order valence-corrected chi connectivity index (χ4v) is 4.73. The molecule has 2 fully saturated rings. The van der Waals surface area contributed by atoms with Gasteiger partial charge in [0.15, 0.2) is 0 Å². The Hall–Kier alpha value is -2.12. The first kappa shape index (κ1) is 20.2. The fraction of sp³-hybridized carbons (Fsp3) is 0.524. The van der Waals surface area contributed by atoms with Crippen molar-refractivity contribution in [2.75, 3.05) is 32.1 Å². The Balaban J connectivity index is 1.85. The quantitative estimate of drug-likeness (QED) is 0.799. The lowest BCUT2D eigenvalue weighted by Gasteiger charge is -2.27. The topological polar surface area (TPSA) is 65.8 Å². The molecule has 2 aliphatic rings. The number of rotatable bonds is 5. The molecule has 1 aliphatic carbocycles. The maximum absolute atomic E-state index is 15.1. The molecular weight excluding hydrogens is 397 g/mol. The first-order valence-corrected chi connectivity index (χ1v) is 10.3. The molecule has 0 spiro atoms. The molecule has 6 nitrogen and oxygen atoms in total. The van der Waals surface area contributed by atoms with Crippen LogP contribution in [0.4, 0.5) is 10.1 Å². The Bertz CT molecular complexity index is 1050. The number of fused-ring (bicyclic) bond motifs is 1. The molecule has 0 bridgehead atoms. The van der Waals surface area contributed by atoms with Crippen LogP contribution in [0.1, 0.15) is 42.6 Å². The molecule has 8 heteroatoms. The average Bonchev–Trinajstić information content (AvgIpc) is 3.39. The standard InChI is InChI=1S/C21H25ClFN3O3/c1-11(24(2)3)12-6-7-25(9-12)19-16(23)8-14-18(17(19)22)26(13-4-5-13)10-15(20(14)27)21(28)29/h8,10-13H,4-7,9H2,1-3H3,(H,28,29)/t11-,12+/m0/s1. The van der Waals surface area contributed by atoms with Crippen molar-refractivity contribution in [1.29, 1.82) is 0 Å². The number of carboxylic acids is 1. The smallest absolute Gasteiger partial charge is 0.341 e. The van der Waals surface area contributed by atoms with Crippen LogP contribution in [0.15, 0.2) is 17.1 Å². The van der Waals surface area contributed by atoms with Gasteiger partial charge in [-0.3, -0.25) is 4.79 Å². The van der Waals surface area contributed by atoms with E-state index in [-0.39, 0.29) is 22.0 Å². The molecule has 0 amide bonds. The first-order valence-electron chi connectivity index (χ1n) is 9.92. The van der Waals surface area contributed by atoms with Crippen LogP contribution in [0.25, 0.3) is 10.9 Å². The molecule has 1 saturated heterocycles. The van der Waals surface area contributed by atoms with Gasteiger partial charge in [0.25, 0.3) is 0 Å². The minimum atomic E-state index is -1.31. The van der Waals surface area contributed by atoms with Crippen molar-refractivity contribution in [3.05, 3.63) is 38.9 Å². The molecule has 1 aliphatic heterocycles. The predicted octanol–water partition coefficient (Wildman–Crippen LogP) is 3.60. The summed E-state index contributed by atoms with van der Waals surface area (Å²) in [4.78, 5) is 28.3. The van der Waals surface area contributed by atoms with Gasteiger partial charge in [-0.1, -0.05) is 11.6 Å². The summed E-state index contributed by atoms with van der Waals surface area (Å²) in [6, 6.07) is 1.60. The van der Waals surface area contributed by atoms with E-state index in [1.807, 2.05) is 19.0 Å². The molecule has 2 aromatic rings. The summed E-state index contributed by atoms with van der Waals surface area (Å²) in [5.41, 5.74) is -0.305. The van der Waals surface area contributed by atoms with Crippen LogP contribution in [0, 0.1) is 11.7 Å². The van der Waals surface area contributed by atoms with Crippen molar-refractivity contribution in [1.82, 2.24) is 9.47 Å². The summed E-state index contributed by atoms with van der Waals surface area (Å²) < 4.78 is 16.9. The van der Waals surface area contributed by atoms with Crippen molar-refractivity contribution in [3.63, 3.8) is 0 Å². The van der Waals surface area contributed by atoms with Crippen LogP contribution in [0.5, 0.6) is 0 Å². The van der Waals surface area contributed by atoms with Crippen molar-refractivity contribution in [2.45, 2.75) is 38.3 Å². The zero-order valence-electron chi connectivity index (χ0n) is 16.8. The normalized spacial score (nSPS) is 20.6. The van der Waals surface area contributed by atoms with Crippen molar-refractivity contribution in [3.8, 4) is 0 Å². The number of halogens is 2. The van der Waals surface area contributed by atoms with Crippen LogP contribution in [-0.4, -0.2) is 53.8 Å². The van der Waals surface area contributed by atoms with Gasteiger partial charge in [-0.05, 0) is 52.3 Å². The summed E-state index contributed by atoms with van der Waals surface area (Å²) in [6.07, 6.45) is 4.05. The molecule has 0 unspecified atom stereocenters. The van der Waals surface area contributed by atoms with Gasteiger partial charge in [-0.2, -0.15) is 0 Å². The molecule has 1 aromatic heterocycles. The molecule has 1 N–H and O–H groups in total. The second kappa shape index (κ2) is 7.29. The second-order valence-corrected chi connectivity index (χ2v) is 8.81. The van der Waals surface area contributed by atoms with E-state index in [4.69, 9.17) is 11.6 Å². The van der Waals surface area contributed by atoms with Gasteiger partial charge >= 0.3 is 5.97 Å². The van der Waals surface area contributed by atoms with E-state index >= 15 is 4.39 Å². The zero-order chi connectivity index (χ0) is 21.0. The number of carbonyl (C=O) groups is 1. The fourth-order valence-electron chi connectivity index (χ4n) is 4.32. The Labute approximate surface area is 173 Å². The number of carboxylic acid groups (broad SMARTS) is 1. The van der Waals surface area contributed by atoms with E-state index < -0.39 is 17.2 Å². The van der Waals surface area contributed by atoms with E-state index in [9.17, 15) is 14.7 Å². The second-order valence-electron chi connectivity index (χ2n) is 8.43. The number of hydrogen-bond acceptors (Lipinski definition) is 4. The molecule has 156 valence electrons. The summed E-state index contributed by atoms with van der Waals surface area (Å²) in [5, 5.41) is 9.61. The third kappa shape index (κ3) is 3.40. The summed E-state index contributed by atoms with van der Waals surface area (Å²) in [7, 11) is 4.07. The lowest BCUT2D eigenvalue weighted by molar-refractivity contribution is 0.0695. The van der Waals surface area contributed by atoms with Gasteiger partial charge in [0.05, 0.1) is 21.6 Å². The van der Waals surface area contributed by atoms with Crippen molar-refractivity contribution >= 4 is 34.2 Å². The van der Waals surface area contributed by atoms with E-state index in [1.165, 1.54) is 6.20 Å². The molecular formula is C21H25ClFN3O3. The lowest BCUT2D eigenvalue weighted by Crippen LogP contribution is -2.34. The Morgan fingerprint density at radius 2 is 2.03 bits per heavy atom. The molecule has 2 atom stereocenters. The number of aromatic nitrogens is 1. The summed E-state index contributed by atoms with van der Waals surface area (Å²) >= 11 is 6.70. The average molecular weight is 422 g/mol. The molecule has 29 heavy (non-hydrogen) atoms. The third-order valence-electron chi connectivity index (χ3n) is 6.39. The number of anilines is 1. The SMILES string of the molecule is C[C@@H]([C@@H]1CCN(c2c(F)cc3c(=O)c(C(=O)O)cn(C4CC4)c3c2Cl)C1)N(C)C. The molecule has 2 heterocycles. The predicted molar refractivity (Wildman–Crippen MR) is 112 cm³/mol. The number of benzene rings is 1. The van der Waals surface area contributed by atoms with Gasteiger partial charge in [0.1, 0.15) is 11.4 Å². The maximum Gasteiger partial charge on any atom is 0.341 e. The molecule has 4 rings (SSSR count). The number of aromatic carboxylic acids is 1. The van der Waals surface area contributed by atoms with Crippen molar-refractivity contribution in [2.24, 2.45) is 5.92 Å². The third-order valence-corrected chi connectivity index (χ3v) is 6.75. The molecule has 1 saturated carbocycles. The first-order chi connectivity index (χ1) is 13.7. The van der Waals surface area contributed by atoms with Gasteiger partial charge in [0.2, 0.25) is 5.43 Å². The maximum atomic E-state index is 15.1. The highest BCUT2D eigenvalue weighted by atomic mass is 35.5. The molecule has 0 radical (unpaired) electrons. The minimum Gasteiger partial charge on any atom is -0.477 e. The monoisotopic (exact) mass is 421 g/mol. The summed E-state index contributed by atoms with van der Waals surface area (Å²) in [5.74, 6) is -1.51. The number of nitrogens with zero attached hydrogens (tertiary/aromatic N) is 3. The van der Waals surface area contributed by atoms with E-state index in [0.29, 0.717) is 36.3 Å². The van der Waals surface area contributed by atoms with Gasteiger partial charge in [-0.25, -0.2) is 9.18 Å². The Kier molecular flexibility index (Phi) is 5.07. The van der Waals surface area contributed by atoms with Crippen molar-refractivity contribution < 1.29 is 14.3 Å². The highest BCUT2D eigenvalue weighted by molar-refractivity contribution is 6.38. The van der Waals surface area contributed by atoms with E-state index in [2.05, 4.69) is 11.8 Å². The highest BCUT2D eigenvalue weighted by Gasteiger charge is 2.33. The van der Waals surface area contributed by atoms with E-state index in [0.717, 1.165) is 25.3 Å².